The van der Waals surface area contributed by atoms with Crippen LogP contribution in [0, 0.1) is 0 Å². The van der Waals surface area contributed by atoms with E-state index in [-0.39, 0.29) is 19.1 Å². The van der Waals surface area contributed by atoms with Gasteiger partial charge in [-0.3, -0.25) is 14.9 Å². The second-order valence-electron chi connectivity index (χ2n) is 5.39. The van der Waals surface area contributed by atoms with Gasteiger partial charge in [-0.25, -0.2) is 4.79 Å². The molecule has 0 aliphatic heterocycles. The lowest BCUT2D eigenvalue weighted by molar-refractivity contribution is -0.146. The van der Waals surface area contributed by atoms with Crippen LogP contribution < -0.4 is 5.32 Å². The van der Waals surface area contributed by atoms with E-state index in [1.807, 2.05) is 13.8 Å². The highest BCUT2D eigenvalue weighted by atomic mass is 16.6. The predicted molar refractivity (Wildman–Crippen MR) is 88.5 cm³/mol. The van der Waals surface area contributed by atoms with Crippen molar-refractivity contribution >= 4 is 18.0 Å². The second kappa shape index (κ2) is 11.5. The van der Waals surface area contributed by atoms with Crippen LogP contribution in [0.25, 0.3) is 0 Å². The molecule has 7 nitrogen and oxygen atoms in total. The molecule has 0 heterocycles. The van der Waals surface area contributed by atoms with Crippen LogP contribution in [0.3, 0.4) is 0 Å². The molecule has 1 N–H and O–H groups in total. The van der Waals surface area contributed by atoms with E-state index >= 15 is 0 Å². The fourth-order valence-electron chi connectivity index (χ4n) is 1.32. The summed E-state index contributed by atoms with van der Waals surface area (Å²) in [4.78, 5) is 35.6. The molecule has 0 bridgehead atoms. The summed E-state index contributed by atoms with van der Waals surface area (Å²) in [5, 5.41) is 2.48. The number of carbonyl (C=O) groups is 3. The Labute approximate surface area is 139 Å². The molecule has 0 fully saturated rings. The molecule has 0 atom stereocenters. The van der Waals surface area contributed by atoms with Gasteiger partial charge in [0.2, 0.25) is 5.91 Å². The Balaban J connectivity index is 0. The zero-order chi connectivity index (χ0) is 18.6. The molecule has 7 heteroatoms. The van der Waals surface area contributed by atoms with Crippen molar-refractivity contribution in [2.75, 3.05) is 13.2 Å². The summed E-state index contributed by atoms with van der Waals surface area (Å²) in [5.41, 5.74) is -0.237. The van der Waals surface area contributed by atoms with Gasteiger partial charge in [-0.2, -0.15) is 0 Å². The molecule has 134 valence electrons. The average Bonchev–Trinajstić information content (AvgIpc) is 2.37. The maximum atomic E-state index is 11.6. The van der Waals surface area contributed by atoms with E-state index in [9.17, 15) is 14.4 Å². The summed E-state index contributed by atoms with van der Waals surface area (Å²) >= 11 is 0. The van der Waals surface area contributed by atoms with Crippen LogP contribution in [0.5, 0.6) is 0 Å². The quantitative estimate of drug-likeness (QED) is 0.784. The van der Waals surface area contributed by atoms with Gasteiger partial charge in [0.25, 0.3) is 0 Å². The highest BCUT2D eigenvalue weighted by molar-refractivity contribution is 5.81. The van der Waals surface area contributed by atoms with Crippen molar-refractivity contribution in [3.8, 4) is 0 Å². The maximum absolute atomic E-state index is 11.6. The largest absolute Gasteiger partial charge is 0.465 e. The Hall–Kier alpha value is -2.05. The number of amides is 2. The van der Waals surface area contributed by atoms with Gasteiger partial charge in [-0.1, -0.05) is 13.8 Å². The Morgan fingerprint density at radius 2 is 1.65 bits per heavy atom. The third kappa shape index (κ3) is 13.3. The molecule has 0 aliphatic carbocycles. The van der Waals surface area contributed by atoms with Gasteiger partial charge in [0.05, 0.1) is 6.61 Å². The van der Waals surface area contributed by atoms with E-state index in [0.29, 0.717) is 5.70 Å². The Bertz CT molecular complexity index is 425. The first-order chi connectivity index (χ1) is 10.5. The van der Waals surface area contributed by atoms with Crippen molar-refractivity contribution in [2.24, 2.45) is 0 Å². The molecule has 0 aliphatic rings. The molecule has 0 aromatic carbocycles. The first-order valence-corrected chi connectivity index (χ1v) is 7.66. The summed E-state index contributed by atoms with van der Waals surface area (Å²) in [6.07, 6.45) is 0.735. The first kappa shape index (κ1) is 23.2. The molecule has 0 aromatic rings. The lowest BCUT2D eigenvalue weighted by Crippen LogP contribution is -2.34. The van der Waals surface area contributed by atoms with Crippen LogP contribution in [0.2, 0.25) is 0 Å². The Morgan fingerprint density at radius 3 is 2.04 bits per heavy atom. The van der Waals surface area contributed by atoms with E-state index in [2.05, 4.69) is 5.32 Å². The molecular weight excluding hydrogens is 300 g/mol. The summed E-state index contributed by atoms with van der Waals surface area (Å²) in [7, 11) is 0. The number of hydrogen-bond donors (Lipinski definition) is 1. The molecule has 0 spiro atoms. The lowest BCUT2D eigenvalue weighted by atomic mass is 10.2. The van der Waals surface area contributed by atoms with Crippen LogP contribution in [-0.4, -0.2) is 41.6 Å². The fourth-order valence-corrected chi connectivity index (χ4v) is 1.32. The van der Waals surface area contributed by atoms with Gasteiger partial charge < -0.3 is 14.4 Å². The van der Waals surface area contributed by atoms with E-state index in [1.165, 1.54) is 13.1 Å². The number of ether oxygens (including phenoxy) is 2. The minimum absolute atomic E-state index is 0.212. The molecule has 2 amide bonds. The number of esters is 1. The van der Waals surface area contributed by atoms with E-state index in [1.54, 1.807) is 34.6 Å². The minimum atomic E-state index is -0.629. The molecule has 0 aromatic heterocycles. The van der Waals surface area contributed by atoms with Gasteiger partial charge in [0, 0.05) is 18.8 Å². The monoisotopic (exact) mass is 330 g/mol. The van der Waals surface area contributed by atoms with Crippen molar-refractivity contribution in [1.29, 1.82) is 0 Å². The standard InChI is InChI=1S/C14H24N2O5.C2H6/c1-7-20-12(18)9-16(11(3)17)8-10(2)15-13(19)21-14(4,5)6;1-2/h8H,7,9H2,1-6H3,(H,15,19);1-2H3/b10-8+;. The first-order valence-electron chi connectivity index (χ1n) is 7.66. The van der Waals surface area contributed by atoms with Crippen LogP contribution >= 0.6 is 0 Å². The second-order valence-corrected chi connectivity index (χ2v) is 5.39. The van der Waals surface area contributed by atoms with Gasteiger partial charge in [-0.05, 0) is 34.6 Å². The van der Waals surface area contributed by atoms with Crippen LogP contribution in [0.4, 0.5) is 4.79 Å². The highest BCUT2D eigenvalue weighted by Crippen LogP contribution is 2.07. The summed E-state index contributed by atoms with van der Waals surface area (Å²) in [6, 6.07) is 0. The Morgan fingerprint density at radius 1 is 1.13 bits per heavy atom. The predicted octanol–water partition coefficient (Wildman–Crippen LogP) is 2.81. The SMILES string of the molecule is CC.CCOC(=O)CN(/C=C(\C)NC(=O)OC(C)(C)C)C(C)=O. The normalized spacial score (nSPS) is 10.9. The van der Waals surface area contributed by atoms with Gasteiger partial charge in [-0.15, -0.1) is 0 Å². The third-order valence-corrected chi connectivity index (χ3v) is 2.06. The van der Waals surface area contributed by atoms with Crippen LogP contribution in [0.1, 0.15) is 55.4 Å². The van der Waals surface area contributed by atoms with E-state index in [4.69, 9.17) is 9.47 Å². The number of carbonyl (C=O) groups excluding carboxylic acids is 3. The lowest BCUT2D eigenvalue weighted by Gasteiger charge is -2.21. The van der Waals surface area contributed by atoms with Gasteiger partial charge in [0.15, 0.2) is 0 Å². The van der Waals surface area contributed by atoms with Crippen molar-refractivity contribution in [3.05, 3.63) is 11.9 Å². The van der Waals surface area contributed by atoms with Crippen molar-refractivity contribution in [2.45, 2.75) is 61.0 Å². The van der Waals surface area contributed by atoms with Crippen LogP contribution in [0.15, 0.2) is 11.9 Å². The summed E-state index contributed by atoms with van der Waals surface area (Å²) in [6.45, 7) is 13.8. The molecule has 0 saturated carbocycles. The van der Waals surface area contributed by atoms with Crippen molar-refractivity contribution < 1.29 is 23.9 Å². The number of nitrogens with one attached hydrogen (secondary N) is 1. The van der Waals surface area contributed by atoms with E-state index < -0.39 is 17.7 Å². The Kier molecular flexibility index (Phi) is 11.6. The number of rotatable bonds is 5. The van der Waals surface area contributed by atoms with Crippen molar-refractivity contribution in [1.82, 2.24) is 10.2 Å². The maximum Gasteiger partial charge on any atom is 0.411 e. The average molecular weight is 330 g/mol. The molecular formula is C16H30N2O5. The number of allylic oxidation sites excluding steroid dienone is 1. The highest BCUT2D eigenvalue weighted by Gasteiger charge is 2.17. The minimum Gasteiger partial charge on any atom is -0.465 e. The topological polar surface area (TPSA) is 84.9 Å². The smallest absolute Gasteiger partial charge is 0.411 e. The number of hydrogen-bond acceptors (Lipinski definition) is 5. The molecule has 0 unspecified atom stereocenters. The fraction of sp³-hybridized carbons (Fsp3) is 0.688. The van der Waals surface area contributed by atoms with E-state index in [0.717, 1.165) is 4.90 Å². The number of alkyl carbamates (subject to hydrolysis) is 1. The zero-order valence-electron chi connectivity index (χ0n) is 15.5. The summed E-state index contributed by atoms with van der Waals surface area (Å²) in [5.74, 6) is -0.859. The third-order valence-electron chi connectivity index (χ3n) is 2.06. The number of nitrogens with zero attached hydrogens (tertiary/aromatic N) is 1. The summed E-state index contributed by atoms with van der Waals surface area (Å²) < 4.78 is 9.86. The van der Waals surface area contributed by atoms with Gasteiger partial charge >= 0.3 is 12.1 Å². The molecule has 23 heavy (non-hydrogen) atoms. The van der Waals surface area contributed by atoms with Gasteiger partial charge in [0.1, 0.15) is 12.1 Å². The zero-order valence-corrected chi connectivity index (χ0v) is 15.5. The molecule has 0 radical (unpaired) electrons. The molecule has 0 saturated heterocycles. The molecule has 0 rings (SSSR count). The van der Waals surface area contributed by atoms with Crippen molar-refractivity contribution in [3.63, 3.8) is 0 Å². The van der Waals surface area contributed by atoms with Crippen LogP contribution in [-0.2, 0) is 19.1 Å².